The first kappa shape index (κ1) is 25.6. The van der Waals surface area contributed by atoms with Gasteiger partial charge in [0.15, 0.2) is 5.82 Å². The van der Waals surface area contributed by atoms with Crippen molar-refractivity contribution in [1.29, 1.82) is 0 Å². The van der Waals surface area contributed by atoms with Crippen molar-refractivity contribution in [2.24, 2.45) is 0 Å². The second-order valence-corrected chi connectivity index (χ2v) is 9.83. The molecule has 0 aliphatic carbocycles. The first-order chi connectivity index (χ1) is 16.1. The Kier molecular flexibility index (Phi) is 8.27. The predicted octanol–water partition coefficient (Wildman–Crippen LogP) is 5.85. The highest BCUT2D eigenvalue weighted by Gasteiger charge is 2.38. The van der Waals surface area contributed by atoms with E-state index in [1.807, 2.05) is 44.2 Å². The Morgan fingerprint density at radius 3 is 2.47 bits per heavy atom. The van der Waals surface area contributed by atoms with Crippen molar-refractivity contribution in [3.63, 3.8) is 0 Å². The normalized spacial score (nSPS) is 13.6. The second kappa shape index (κ2) is 11.0. The molecule has 0 saturated heterocycles. The SMILES string of the molecule is CCCCN(CC(C)c1ccccc1)S(=O)(=O)c1cccc(/C=C/c2noc(C(F)(F)F)n2)c1. The van der Waals surface area contributed by atoms with E-state index in [4.69, 9.17) is 0 Å². The van der Waals surface area contributed by atoms with Gasteiger partial charge in [-0.3, -0.25) is 0 Å². The summed E-state index contributed by atoms with van der Waals surface area (Å²) in [4.78, 5) is 3.38. The molecule has 0 amide bonds. The molecule has 0 aliphatic heterocycles. The molecule has 0 saturated carbocycles. The Hall–Kier alpha value is -2.98. The molecule has 1 unspecified atom stereocenters. The van der Waals surface area contributed by atoms with Crippen LogP contribution in [0.5, 0.6) is 0 Å². The molecule has 1 heterocycles. The second-order valence-electron chi connectivity index (χ2n) is 7.89. The summed E-state index contributed by atoms with van der Waals surface area (Å²) in [6, 6.07) is 15.9. The molecule has 0 bridgehead atoms. The molecular formula is C24H26F3N3O3S. The van der Waals surface area contributed by atoms with Crippen LogP contribution in [0.4, 0.5) is 13.2 Å². The Morgan fingerprint density at radius 1 is 1.09 bits per heavy atom. The lowest BCUT2D eigenvalue weighted by molar-refractivity contribution is -0.159. The Labute approximate surface area is 197 Å². The number of rotatable bonds is 10. The van der Waals surface area contributed by atoms with Crippen molar-refractivity contribution in [1.82, 2.24) is 14.4 Å². The smallest absolute Gasteiger partial charge is 0.329 e. The number of benzene rings is 2. The van der Waals surface area contributed by atoms with E-state index in [1.54, 1.807) is 12.1 Å². The van der Waals surface area contributed by atoms with Crippen LogP contribution in [0.25, 0.3) is 12.2 Å². The lowest BCUT2D eigenvalue weighted by atomic mass is 10.0. The van der Waals surface area contributed by atoms with Gasteiger partial charge in [-0.05, 0) is 41.7 Å². The van der Waals surface area contributed by atoms with Crippen molar-refractivity contribution < 1.29 is 26.1 Å². The molecule has 1 aromatic heterocycles. The van der Waals surface area contributed by atoms with Gasteiger partial charge in [-0.1, -0.05) is 74.0 Å². The molecule has 3 rings (SSSR count). The average Bonchev–Trinajstić information content (AvgIpc) is 3.31. The third kappa shape index (κ3) is 6.54. The van der Waals surface area contributed by atoms with Gasteiger partial charge >= 0.3 is 12.1 Å². The largest absolute Gasteiger partial charge is 0.471 e. The van der Waals surface area contributed by atoms with Crippen LogP contribution in [0.3, 0.4) is 0 Å². The highest BCUT2D eigenvalue weighted by molar-refractivity contribution is 7.89. The monoisotopic (exact) mass is 493 g/mol. The number of halogens is 3. The van der Waals surface area contributed by atoms with Crippen LogP contribution in [0.1, 0.15) is 55.4 Å². The Morgan fingerprint density at radius 2 is 1.82 bits per heavy atom. The number of unbranched alkanes of at least 4 members (excludes halogenated alkanes) is 1. The van der Waals surface area contributed by atoms with Gasteiger partial charge in [-0.25, -0.2) is 8.42 Å². The lowest BCUT2D eigenvalue weighted by Gasteiger charge is -2.25. The first-order valence-corrected chi connectivity index (χ1v) is 12.3. The van der Waals surface area contributed by atoms with E-state index in [1.165, 1.54) is 28.6 Å². The zero-order chi connectivity index (χ0) is 24.8. The molecule has 0 radical (unpaired) electrons. The van der Waals surface area contributed by atoms with Gasteiger partial charge in [-0.15, -0.1) is 0 Å². The summed E-state index contributed by atoms with van der Waals surface area (Å²) >= 11 is 0. The molecule has 1 atom stereocenters. The van der Waals surface area contributed by atoms with Gasteiger partial charge in [0.1, 0.15) is 0 Å². The molecule has 3 aromatic rings. The van der Waals surface area contributed by atoms with Crippen LogP contribution in [-0.4, -0.2) is 36.0 Å². The lowest BCUT2D eigenvalue weighted by Crippen LogP contribution is -2.35. The first-order valence-electron chi connectivity index (χ1n) is 10.9. The van der Waals surface area contributed by atoms with Crippen molar-refractivity contribution in [2.45, 2.75) is 43.7 Å². The summed E-state index contributed by atoms with van der Waals surface area (Å²) in [5.41, 5.74) is 1.53. The topological polar surface area (TPSA) is 76.3 Å². The number of alkyl halides is 3. The van der Waals surface area contributed by atoms with Crippen LogP contribution in [0.2, 0.25) is 0 Å². The molecule has 182 valence electrons. The van der Waals surface area contributed by atoms with Crippen LogP contribution in [0.15, 0.2) is 64.0 Å². The van der Waals surface area contributed by atoms with Gasteiger partial charge in [0, 0.05) is 13.1 Å². The third-order valence-electron chi connectivity index (χ3n) is 5.21. The molecular weight excluding hydrogens is 467 g/mol. The molecule has 2 aromatic carbocycles. The maximum Gasteiger partial charge on any atom is 0.471 e. The van der Waals surface area contributed by atoms with Crippen molar-refractivity contribution in [3.05, 3.63) is 77.4 Å². The van der Waals surface area contributed by atoms with E-state index in [0.717, 1.165) is 18.4 Å². The van der Waals surface area contributed by atoms with Gasteiger partial charge in [0.25, 0.3) is 0 Å². The number of sulfonamides is 1. The maximum atomic E-state index is 13.5. The summed E-state index contributed by atoms with van der Waals surface area (Å²) in [7, 11) is -3.80. The van der Waals surface area contributed by atoms with Crippen LogP contribution >= 0.6 is 0 Å². The van der Waals surface area contributed by atoms with Crippen molar-refractivity contribution in [3.8, 4) is 0 Å². The fourth-order valence-corrected chi connectivity index (χ4v) is 4.98. The quantitative estimate of drug-likeness (QED) is 0.354. The molecule has 0 aliphatic rings. The molecule has 0 spiro atoms. The fourth-order valence-electron chi connectivity index (χ4n) is 3.35. The van der Waals surface area contributed by atoms with Crippen LogP contribution in [0, 0.1) is 0 Å². The molecule has 0 fully saturated rings. The van der Waals surface area contributed by atoms with E-state index in [9.17, 15) is 21.6 Å². The minimum absolute atomic E-state index is 0.00280. The summed E-state index contributed by atoms with van der Waals surface area (Å²) < 4.78 is 70.5. The standard InChI is InChI=1S/C24H26F3N3O3S/c1-3-4-15-30(17-18(2)20-10-6-5-7-11-20)34(31,32)21-12-8-9-19(16-21)13-14-22-28-23(33-29-22)24(25,26)27/h5-14,16,18H,3-4,15,17H2,1-2H3/b14-13+. The zero-order valence-electron chi connectivity index (χ0n) is 18.9. The number of nitrogens with zero attached hydrogens (tertiary/aromatic N) is 3. The van der Waals surface area contributed by atoms with Crippen LogP contribution < -0.4 is 0 Å². The average molecular weight is 494 g/mol. The molecule has 0 N–H and O–H groups in total. The van der Waals surface area contributed by atoms with E-state index in [-0.39, 0.29) is 16.6 Å². The summed E-state index contributed by atoms with van der Waals surface area (Å²) in [6.07, 6.45) is -0.492. The highest BCUT2D eigenvalue weighted by Crippen LogP contribution is 2.28. The minimum atomic E-state index is -4.73. The predicted molar refractivity (Wildman–Crippen MR) is 123 cm³/mol. The van der Waals surface area contributed by atoms with Gasteiger partial charge < -0.3 is 4.52 Å². The number of aromatic nitrogens is 2. The summed E-state index contributed by atoms with van der Waals surface area (Å²) in [5.74, 6) is -1.71. The van der Waals surface area contributed by atoms with E-state index < -0.39 is 22.1 Å². The van der Waals surface area contributed by atoms with Gasteiger partial charge in [0.2, 0.25) is 10.0 Å². The molecule has 34 heavy (non-hydrogen) atoms. The number of hydrogen-bond donors (Lipinski definition) is 0. The third-order valence-corrected chi connectivity index (χ3v) is 7.07. The van der Waals surface area contributed by atoms with Gasteiger partial charge in [0.05, 0.1) is 4.90 Å². The minimum Gasteiger partial charge on any atom is -0.329 e. The summed E-state index contributed by atoms with van der Waals surface area (Å²) in [5, 5.41) is 3.27. The van der Waals surface area contributed by atoms with E-state index >= 15 is 0 Å². The fraction of sp³-hybridized carbons (Fsp3) is 0.333. The summed E-state index contributed by atoms with van der Waals surface area (Å²) in [6.45, 7) is 4.71. The van der Waals surface area contributed by atoms with E-state index in [0.29, 0.717) is 18.7 Å². The van der Waals surface area contributed by atoms with Crippen molar-refractivity contribution in [2.75, 3.05) is 13.1 Å². The van der Waals surface area contributed by atoms with Crippen molar-refractivity contribution >= 4 is 22.2 Å². The van der Waals surface area contributed by atoms with Gasteiger partial charge in [-0.2, -0.15) is 22.5 Å². The Bertz CT molecular complexity index is 1210. The van der Waals surface area contributed by atoms with E-state index in [2.05, 4.69) is 14.7 Å². The molecule has 6 nitrogen and oxygen atoms in total. The van der Waals surface area contributed by atoms with Crippen LogP contribution in [-0.2, 0) is 16.2 Å². The Balaban J connectivity index is 1.83. The highest BCUT2D eigenvalue weighted by atomic mass is 32.2. The number of hydrogen-bond acceptors (Lipinski definition) is 5. The zero-order valence-corrected chi connectivity index (χ0v) is 19.7. The maximum absolute atomic E-state index is 13.5. The molecule has 10 heteroatoms.